The Bertz CT molecular complexity index is 943. The van der Waals surface area contributed by atoms with Crippen LogP contribution in [0.25, 0.3) is 11.1 Å². The number of halogens is 1. The lowest BCUT2D eigenvalue weighted by Crippen LogP contribution is -2.39. The van der Waals surface area contributed by atoms with Gasteiger partial charge in [-0.15, -0.1) is 17.0 Å². The van der Waals surface area contributed by atoms with Crippen molar-refractivity contribution in [2.75, 3.05) is 0 Å². The van der Waals surface area contributed by atoms with Crippen molar-refractivity contribution in [3.63, 3.8) is 0 Å². The Hall–Kier alpha value is -2.68. The molecule has 4 aromatic carbocycles. The van der Waals surface area contributed by atoms with Crippen molar-refractivity contribution in [1.29, 1.82) is 0 Å². The summed E-state index contributed by atoms with van der Waals surface area (Å²) < 4.78 is 0. The number of nitrogens with two attached hydrogens (primary N) is 1. The van der Waals surface area contributed by atoms with Crippen LogP contribution in [0.2, 0.25) is 0 Å². The first-order chi connectivity index (χ1) is 12.8. The smallest absolute Gasteiger partial charge is 0.0928 e. The second kappa shape index (κ2) is 8.34. The molecule has 4 aromatic rings. The van der Waals surface area contributed by atoms with Gasteiger partial charge in [0.1, 0.15) is 0 Å². The molecule has 0 aromatic heterocycles. The maximum atomic E-state index is 7.20. The standard InChI is InChI=1S/C25H21N.BrH/c26-25(21-14-6-2-7-15-21,22-16-8-3-9-17-22)24-19-11-10-18-23(24)20-12-4-1-5-13-20;/h1-19H,26H2;1H. The van der Waals surface area contributed by atoms with Crippen LogP contribution in [0.5, 0.6) is 0 Å². The lowest BCUT2D eigenvalue weighted by Gasteiger charge is -2.33. The summed E-state index contributed by atoms with van der Waals surface area (Å²) in [5.41, 5.74) is 12.1. The van der Waals surface area contributed by atoms with Crippen LogP contribution < -0.4 is 5.73 Å². The highest BCUT2D eigenvalue weighted by Gasteiger charge is 2.33. The lowest BCUT2D eigenvalue weighted by molar-refractivity contribution is 0.654. The van der Waals surface area contributed by atoms with Crippen molar-refractivity contribution >= 4 is 17.0 Å². The van der Waals surface area contributed by atoms with E-state index < -0.39 is 5.54 Å². The summed E-state index contributed by atoms with van der Waals surface area (Å²) >= 11 is 0. The minimum atomic E-state index is -0.727. The van der Waals surface area contributed by atoms with E-state index in [1.807, 2.05) is 42.5 Å². The van der Waals surface area contributed by atoms with Gasteiger partial charge in [-0.25, -0.2) is 0 Å². The molecule has 134 valence electrons. The first-order valence-electron chi connectivity index (χ1n) is 8.85. The van der Waals surface area contributed by atoms with Crippen molar-refractivity contribution in [2.45, 2.75) is 5.54 Å². The molecule has 0 aliphatic rings. The van der Waals surface area contributed by atoms with Gasteiger partial charge < -0.3 is 5.73 Å². The minimum Gasteiger partial charge on any atom is -0.314 e. The van der Waals surface area contributed by atoms with Gasteiger partial charge in [0, 0.05) is 0 Å². The van der Waals surface area contributed by atoms with Crippen LogP contribution in [0.3, 0.4) is 0 Å². The molecule has 0 aliphatic heterocycles. The molecule has 0 bridgehead atoms. The van der Waals surface area contributed by atoms with Crippen molar-refractivity contribution in [3.05, 3.63) is 132 Å². The highest BCUT2D eigenvalue weighted by Crippen LogP contribution is 2.39. The van der Waals surface area contributed by atoms with Gasteiger partial charge in [0.15, 0.2) is 0 Å². The van der Waals surface area contributed by atoms with Crippen molar-refractivity contribution in [3.8, 4) is 11.1 Å². The van der Waals surface area contributed by atoms with E-state index in [9.17, 15) is 0 Å². The zero-order valence-electron chi connectivity index (χ0n) is 15.0. The van der Waals surface area contributed by atoms with Crippen molar-refractivity contribution < 1.29 is 0 Å². The largest absolute Gasteiger partial charge is 0.314 e. The topological polar surface area (TPSA) is 26.0 Å². The zero-order chi connectivity index (χ0) is 17.8. The van der Waals surface area contributed by atoms with Crippen molar-refractivity contribution in [1.82, 2.24) is 0 Å². The Balaban J connectivity index is 0.00000210. The molecule has 4 rings (SSSR count). The monoisotopic (exact) mass is 415 g/mol. The number of rotatable bonds is 4. The van der Waals surface area contributed by atoms with Crippen LogP contribution in [0.1, 0.15) is 16.7 Å². The van der Waals surface area contributed by atoms with E-state index in [2.05, 4.69) is 72.8 Å². The molecule has 2 N–H and O–H groups in total. The molecule has 0 aliphatic carbocycles. The Morgan fingerprint density at radius 2 is 0.889 bits per heavy atom. The molecule has 0 atom stereocenters. The first-order valence-corrected chi connectivity index (χ1v) is 8.85. The van der Waals surface area contributed by atoms with E-state index >= 15 is 0 Å². The third-order valence-corrected chi connectivity index (χ3v) is 4.89. The second-order valence-corrected chi connectivity index (χ2v) is 6.45. The Morgan fingerprint density at radius 1 is 0.481 bits per heavy atom. The minimum absolute atomic E-state index is 0. The van der Waals surface area contributed by atoms with Gasteiger partial charge in [0.2, 0.25) is 0 Å². The predicted molar refractivity (Wildman–Crippen MR) is 119 cm³/mol. The van der Waals surface area contributed by atoms with Gasteiger partial charge in [-0.2, -0.15) is 0 Å². The van der Waals surface area contributed by atoms with Gasteiger partial charge in [-0.3, -0.25) is 0 Å². The van der Waals surface area contributed by atoms with E-state index in [4.69, 9.17) is 5.73 Å². The molecular formula is C25H22BrN. The molecule has 0 saturated heterocycles. The summed E-state index contributed by atoms with van der Waals surface area (Å²) in [6.07, 6.45) is 0. The first kappa shape index (κ1) is 19.1. The van der Waals surface area contributed by atoms with Crippen LogP contribution in [-0.4, -0.2) is 0 Å². The maximum Gasteiger partial charge on any atom is 0.0928 e. The molecule has 0 saturated carbocycles. The zero-order valence-corrected chi connectivity index (χ0v) is 16.7. The average molecular weight is 416 g/mol. The average Bonchev–Trinajstić information content (AvgIpc) is 2.75. The fourth-order valence-corrected chi connectivity index (χ4v) is 3.58. The number of benzene rings is 4. The summed E-state index contributed by atoms with van der Waals surface area (Å²) in [7, 11) is 0. The predicted octanol–water partition coefficient (Wildman–Crippen LogP) is 6.18. The molecule has 2 heteroatoms. The van der Waals surface area contributed by atoms with E-state index in [0.29, 0.717) is 0 Å². The Morgan fingerprint density at radius 3 is 1.41 bits per heavy atom. The van der Waals surface area contributed by atoms with E-state index in [1.54, 1.807) is 0 Å². The molecule has 0 amide bonds. The van der Waals surface area contributed by atoms with Crippen molar-refractivity contribution in [2.24, 2.45) is 5.73 Å². The highest BCUT2D eigenvalue weighted by molar-refractivity contribution is 8.93. The normalized spacial score (nSPS) is 10.9. The van der Waals surface area contributed by atoms with Gasteiger partial charge in [0.05, 0.1) is 5.54 Å². The molecule has 0 fully saturated rings. The summed E-state index contributed by atoms with van der Waals surface area (Å²) in [5.74, 6) is 0. The number of hydrogen-bond acceptors (Lipinski definition) is 1. The molecule has 27 heavy (non-hydrogen) atoms. The molecular weight excluding hydrogens is 394 g/mol. The van der Waals surface area contributed by atoms with Crippen LogP contribution in [0.15, 0.2) is 115 Å². The van der Waals surface area contributed by atoms with Gasteiger partial charge in [0.25, 0.3) is 0 Å². The Labute approximate surface area is 171 Å². The van der Waals surface area contributed by atoms with Crippen LogP contribution in [-0.2, 0) is 5.54 Å². The number of hydrogen-bond donors (Lipinski definition) is 1. The van der Waals surface area contributed by atoms with Crippen LogP contribution in [0, 0.1) is 0 Å². The molecule has 0 radical (unpaired) electrons. The van der Waals surface area contributed by atoms with Crippen LogP contribution in [0.4, 0.5) is 0 Å². The summed E-state index contributed by atoms with van der Waals surface area (Å²) in [5, 5.41) is 0. The molecule has 1 nitrogen and oxygen atoms in total. The van der Waals surface area contributed by atoms with Gasteiger partial charge >= 0.3 is 0 Å². The quantitative estimate of drug-likeness (QED) is 0.395. The molecule has 0 heterocycles. The fraction of sp³-hybridized carbons (Fsp3) is 0.0400. The summed E-state index contributed by atoms with van der Waals surface area (Å²) in [4.78, 5) is 0. The lowest BCUT2D eigenvalue weighted by atomic mass is 9.75. The summed E-state index contributed by atoms with van der Waals surface area (Å²) in [6.45, 7) is 0. The van der Waals surface area contributed by atoms with E-state index in [1.165, 1.54) is 5.56 Å². The van der Waals surface area contributed by atoms with Gasteiger partial charge in [-0.05, 0) is 27.8 Å². The van der Waals surface area contributed by atoms with Gasteiger partial charge in [-0.1, -0.05) is 115 Å². The SMILES string of the molecule is Br.NC(c1ccccc1)(c1ccccc1)c1ccccc1-c1ccccc1. The van der Waals surface area contributed by atoms with E-state index in [-0.39, 0.29) is 17.0 Å². The Kier molecular flexibility index (Phi) is 5.90. The van der Waals surface area contributed by atoms with Crippen LogP contribution >= 0.6 is 17.0 Å². The van der Waals surface area contributed by atoms with E-state index in [0.717, 1.165) is 22.3 Å². The second-order valence-electron chi connectivity index (χ2n) is 6.45. The maximum absolute atomic E-state index is 7.20. The third-order valence-electron chi connectivity index (χ3n) is 4.89. The molecule has 0 unspecified atom stereocenters. The summed E-state index contributed by atoms with van der Waals surface area (Å²) in [6, 6.07) is 39.5. The third kappa shape index (κ3) is 3.59. The molecule has 0 spiro atoms. The highest BCUT2D eigenvalue weighted by atomic mass is 79.9. The fourth-order valence-electron chi connectivity index (χ4n) is 3.58.